The maximum Gasteiger partial charge on any atom is 0.258 e. The lowest BCUT2D eigenvalue weighted by molar-refractivity contribution is 0.452. The molecule has 0 fully saturated rings. The lowest BCUT2D eigenvalue weighted by atomic mass is 10.1. The lowest BCUT2D eigenvalue weighted by Gasteiger charge is -2.41. The zero-order valence-electron chi connectivity index (χ0n) is 14.5. The van der Waals surface area contributed by atoms with Crippen LogP contribution in [0.2, 0.25) is 5.04 Å². The predicted octanol–water partition coefficient (Wildman–Crippen LogP) is 2.91. The standard InChI is InChI=1S/C20H29NOSi/c1-4-21-17-11-16-20(2,3)23(22,18-12-7-5-8-13-18)19-14-9-6-10-15-19/h5-10,12-15,21-22H,4,11,16-17H2,1-3H3. The van der Waals surface area contributed by atoms with Gasteiger partial charge in [-0.25, -0.2) is 0 Å². The van der Waals surface area contributed by atoms with Crippen LogP contribution in [0.1, 0.15) is 33.6 Å². The summed E-state index contributed by atoms with van der Waals surface area (Å²) in [6.45, 7) is 8.59. The van der Waals surface area contributed by atoms with Crippen molar-refractivity contribution in [2.24, 2.45) is 0 Å². The van der Waals surface area contributed by atoms with Gasteiger partial charge in [0.2, 0.25) is 0 Å². The molecule has 0 unspecified atom stereocenters. The highest BCUT2D eigenvalue weighted by Gasteiger charge is 2.49. The minimum absolute atomic E-state index is 0.134. The summed E-state index contributed by atoms with van der Waals surface area (Å²) in [7, 11) is -2.82. The number of benzene rings is 2. The van der Waals surface area contributed by atoms with Gasteiger partial charge in [0.1, 0.15) is 0 Å². The molecule has 0 bridgehead atoms. The van der Waals surface area contributed by atoms with Crippen LogP contribution in [0, 0.1) is 0 Å². The van der Waals surface area contributed by atoms with E-state index in [4.69, 9.17) is 0 Å². The van der Waals surface area contributed by atoms with Gasteiger partial charge in [0.25, 0.3) is 8.32 Å². The van der Waals surface area contributed by atoms with Crippen LogP contribution in [-0.2, 0) is 0 Å². The maximum absolute atomic E-state index is 12.0. The quantitative estimate of drug-likeness (QED) is 0.577. The molecule has 2 nitrogen and oxygen atoms in total. The van der Waals surface area contributed by atoms with Gasteiger partial charge in [-0.3, -0.25) is 0 Å². The van der Waals surface area contributed by atoms with Crippen molar-refractivity contribution in [2.75, 3.05) is 13.1 Å². The second-order valence-corrected chi connectivity index (χ2v) is 10.7. The van der Waals surface area contributed by atoms with Crippen molar-refractivity contribution in [1.82, 2.24) is 5.32 Å². The van der Waals surface area contributed by atoms with Crippen molar-refractivity contribution in [2.45, 2.75) is 38.7 Å². The molecule has 0 aliphatic rings. The molecule has 0 heterocycles. The second-order valence-electron chi connectivity index (χ2n) is 6.78. The summed E-state index contributed by atoms with van der Waals surface area (Å²) in [5.74, 6) is 0. The molecule has 0 spiro atoms. The molecule has 0 saturated carbocycles. The maximum atomic E-state index is 12.0. The van der Waals surface area contributed by atoms with Crippen LogP contribution >= 0.6 is 0 Å². The number of hydrogen-bond acceptors (Lipinski definition) is 2. The number of hydrogen-bond donors (Lipinski definition) is 2. The van der Waals surface area contributed by atoms with Gasteiger partial charge in [-0.1, -0.05) is 81.4 Å². The van der Waals surface area contributed by atoms with Gasteiger partial charge in [0.05, 0.1) is 0 Å². The SMILES string of the molecule is CCNCCCC(C)(C)[Si](O)(c1ccccc1)c1ccccc1. The molecule has 0 saturated heterocycles. The Morgan fingerprint density at radius 1 is 0.913 bits per heavy atom. The van der Waals surface area contributed by atoms with E-state index in [0.717, 1.165) is 36.3 Å². The van der Waals surface area contributed by atoms with Crippen LogP contribution in [0.3, 0.4) is 0 Å². The van der Waals surface area contributed by atoms with Crippen molar-refractivity contribution >= 4 is 18.7 Å². The molecule has 0 aliphatic heterocycles. The van der Waals surface area contributed by atoms with Crippen LogP contribution in [0.5, 0.6) is 0 Å². The highest BCUT2D eigenvalue weighted by Crippen LogP contribution is 2.39. The van der Waals surface area contributed by atoms with Crippen molar-refractivity contribution in [3.63, 3.8) is 0 Å². The third-order valence-electron chi connectivity index (χ3n) is 4.77. The van der Waals surface area contributed by atoms with Crippen LogP contribution in [0.15, 0.2) is 60.7 Å². The minimum Gasteiger partial charge on any atom is -0.424 e. The van der Waals surface area contributed by atoms with E-state index in [0.29, 0.717) is 0 Å². The fourth-order valence-corrected chi connectivity index (χ4v) is 7.10. The normalized spacial score (nSPS) is 12.3. The first-order chi connectivity index (χ1) is 11.0. The van der Waals surface area contributed by atoms with E-state index in [-0.39, 0.29) is 5.04 Å². The summed E-state index contributed by atoms with van der Waals surface area (Å²) in [6, 6.07) is 20.5. The third-order valence-corrected chi connectivity index (χ3v) is 9.31. The predicted molar refractivity (Wildman–Crippen MR) is 102 cm³/mol. The molecule has 0 atom stereocenters. The summed E-state index contributed by atoms with van der Waals surface area (Å²) in [4.78, 5) is 12.0. The molecule has 0 aromatic heterocycles. The third kappa shape index (κ3) is 3.92. The molecule has 2 aromatic rings. The van der Waals surface area contributed by atoms with Gasteiger partial charge in [-0.2, -0.15) is 0 Å². The molecular weight excluding hydrogens is 298 g/mol. The monoisotopic (exact) mass is 327 g/mol. The first-order valence-electron chi connectivity index (χ1n) is 8.56. The van der Waals surface area contributed by atoms with Gasteiger partial charge in [-0.05, 0) is 41.3 Å². The highest BCUT2D eigenvalue weighted by molar-refractivity contribution is 6.98. The van der Waals surface area contributed by atoms with E-state index in [1.807, 2.05) is 36.4 Å². The zero-order chi connectivity index (χ0) is 16.8. The molecular formula is C20H29NOSi. The summed E-state index contributed by atoms with van der Waals surface area (Å²) < 4.78 is 0. The van der Waals surface area contributed by atoms with Gasteiger partial charge in [0.15, 0.2) is 0 Å². The fourth-order valence-electron chi connectivity index (χ4n) is 3.32. The van der Waals surface area contributed by atoms with Gasteiger partial charge in [-0.15, -0.1) is 0 Å². The Bertz CT molecular complexity index is 544. The smallest absolute Gasteiger partial charge is 0.258 e. The summed E-state index contributed by atoms with van der Waals surface area (Å²) >= 11 is 0. The molecule has 0 radical (unpaired) electrons. The van der Waals surface area contributed by atoms with Crippen molar-refractivity contribution < 1.29 is 4.80 Å². The summed E-state index contributed by atoms with van der Waals surface area (Å²) in [6.07, 6.45) is 2.09. The van der Waals surface area contributed by atoms with Gasteiger partial charge >= 0.3 is 0 Å². The van der Waals surface area contributed by atoms with Crippen LogP contribution < -0.4 is 15.7 Å². The molecule has 124 valence electrons. The van der Waals surface area contributed by atoms with Gasteiger partial charge < -0.3 is 10.1 Å². The lowest BCUT2D eigenvalue weighted by Crippen LogP contribution is -2.65. The topological polar surface area (TPSA) is 32.3 Å². The summed E-state index contributed by atoms with van der Waals surface area (Å²) in [5.41, 5.74) is 0. The Morgan fingerprint density at radius 3 is 1.83 bits per heavy atom. The molecule has 0 amide bonds. The highest BCUT2D eigenvalue weighted by atomic mass is 28.4. The second kappa shape index (κ2) is 7.91. The van der Waals surface area contributed by atoms with E-state index in [1.165, 1.54) is 0 Å². The average molecular weight is 328 g/mol. The Morgan fingerprint density at radius 2 is 1.39 bits per heavy atom. The van der Waals surface area contributed by atoms with Crippen LogP contribution in [0.25, 0.3) is 0 Å². The van der Waals surface area contributed by atoms with E-state index in [9.17, 15) is 4.80 Å². The van der Waals surface area contributed by atoms with Crippen molar-refractivity contribution in [1.29, 1.82) is 0 Å². The Labute approximate surface area is 141 Å². The van der Waals surface area contributed by atoms with Crippen LogP contribution in [0.4, 0.5) is 0 Å². The Kier molecular flexibility index (Phi) is 6.16. The molecule has 23 heavy (non-hydrogen) atoms. The number of nitrogens with one attached hydrogen (secondary N) is 1. The zero-order valence-corrected chi connectivity index (χ0v) is 15.5. The van der Waals surface area contributed by atoms with E-state index in [1.54, 1.807) is 0 Å². The summed E-state index contributed by atoms with van der Waals surface area (Å²) in [5, 5.41) is 5.45. The molecule has 2 aromatic carbocycles. The molecule has 3 heteroatoms. The molecule has 0 aliphatic carbocycles. The van der Waals surface area contributed by atoms with Crippen molar-refractivity contribution in [3.05, 3.63) is 60.7 Å². The fraction of sp³-hybridized carbons (Fsp3) is 0.400. The first kappa shape index (κ1) is 17.9. The van der Waals surface area contributed by atoms with E-state index < -0.39 is 8.32 Å². The first-order valence-corrected chi connectivity index (χ1v) is 10.5. The Hall–Kier alpha value is -1.42. The van der Waals surface area contributed by atoms with E-state index >= 15 is 0 Å². The molecule has 2 rings (SSSR count). The van der Waals surface area contributed by atoms with Gasteiger partial charge in [0, 0.05) is 0 Å². The molecule has 2 N–H and O–H groups in total. The van der Waals surface area contributed by atoms with E-state index in [2.05, 4.69) is 50.4 Å². The number of rotatable bonds is 8. The Balaban J connectivity index is 2.38. The minimum atomic E-state index is -2.82. The van der Waals surface area contributed by atoms with Crippen molar-refractivity contribution in [3.8, 4) is 0 Å². The average Bonchev–Trinajstić information content (AvgIpc) is 2.59. The van der Waals surface area contributed by atoms with Crippen LogP contribution in [-0.4, -0.2) is 26.2 Å². The largest absolute Gasteiger partial charge is 0.424 e.